The Morgan fingerprint density at radius 1 is 0.966 bits per heavy atom. The van der Waals surface area contributed by atoms with Crippen molar-refractivity contribution in [2.45, 2.75) is 19.3 Å². The summed E-state index contributed by atoms with van der Waals surface area (Å²) in [6, 6.07) is 9.82. The molecule has 0 aromatic heterocycles. The van der Waals surface area contributed by atoms with Crippen molar-refractivity contribution >= 4 is 35.6 Å². The smallest absolute Gasteiger partial charge is 0.256 e. The highest BCUT2D eigenvalue weighted by Crippen LogP contribution is 2.34. The molecule has 0 bridgehead atoms. The number of halogens is 1. The number of piperidine rings is 1. The van der Waals surface area contributed by atoms with E-state index in [1.807, 2.05) is 4.90 Å². The first-order valence-electron chi connectivity index (χ1n) is 9.25. The van der Waals surface area contributed by atoms with Crippen LogP contribution in [0, 0.1) is 0 Å². The van der Waals surface area contributed by atoms with Crippen LogP contribution in [0.1, 0.15) is 40.0 Å². The first-order chi connectivity index (χ1) is 13.5. The summed E-state index contributed by atoms with van der Waals surface area (Å²) in [6.07, 6.45) is 3.08. The number of carbonyl (C=O) groups excluding carboxylic acids is 2. The van der Waals surface area contributed by atoms with Gasteiger partial charge in [-0.05, 0) is 49.6 Å². The zero-order valence-corrected chi connectivity index (χ0v) is 17.4. The minimum atomic E-state index is -0.333. The maximum atomic E-state index is 13.1. The number of benzene rings is 2. The molecule has 0 atom stereocenters. The maximum Gasteiger partial charge on any atom is 0.256 e. The Hall–Kier alpha value is -2.93. The highest BCUT2D eigenvalue weighted by Gasteiger charge is 2.24. The third-order valence-electron chi connectivity index (χ3n) is 4.82. The van der Waals surface area contributed by atoms with E-state index < -0.39 is 0 Å². The molecule has 7 nitrogen and oxygen atoms in total. The zero-order chi connectivity index (χ0) is 20.1. The van der Waals surface area contributed by atoms with E-state index in [1.165, 1.54) is 14.2 Å². The largest absolute Gasteiger partial charge is 0.493 e. The van der Waals surface area contributed by atoms with Gasteiger partial charge >= 0.3 is 0 Å². The molecule has 1 saturated heterocycles. The molecule has 2 amide bonds. The van der Waals surface area contributed by atoms with Crippen molar-refractivity contribution in [2.24, 2.45) is 0 Å². The van der Waals surface area contributed by atoms with Crippen LogP contribution < -0.4 is 20.5 Å². The molecule has 2 aromatic rings. The fourth-order valence-electron chi connectivity index (χ4n) is 3.26. The fourth-order valence-corrected chi connectivity index (χ4v) is 3.26. The molecule has 1 fully saturated rings. The lowest BCUT2D eigenvalue weighted by molar-refractivity contribution is 0.0725. The molecular formula is C21H26ClN3O4. The number of hydrogen-bond donors (Lipinski definition) is 2. The molecule has 0 aliphatic carbocycles. The van der Waals surface area contributed by atoms with Crippen molar-refractivity contribution in [1.82, 2.24) is 4.90 Å². The number of hydrogen-bond acceptors (Lipinski definition) is 5. The van der Waals surface area contributed by atoms with Crippen LogP contribution in [-0.4, -0.2) is 44.0 Å². The summed E-state index contributed by atoms with van der Waals surface area (Å²) in [5.41, 5.74) is 7.46. The average Bonchev–Trinajstić information content (AvgIpc) is 2.74. The number of nitrogens with one attached hydrogen (secondary N) is 1. The van der Waals surface area contributed by atoms with Crippen molar-refractivity contribution < 1.29 is 19.1 Å². The third kappa shape index (κ3) is 5.12. The molecule has 29 heavy (non-hydrogen) atoms. The van der Waals surface area contributed by atoms with Crippen LogP contribution in [0.25, 0.3) is 0 Å². The lowest BCUT2D eigenvalue weighted by Gasteiger charge is -2.28. The van der Waals surface area contributed by atoms with Gasteiger partial charge in [0.1, 0.15) is 0 Å². The van der Waals surface area contributed by atoms with Gasteiger partial charge in [0, 0.05) is 30.4 Å². The Balaban J connectivity index is 0.00000300. The van der Waals surface area contributed by atoms with Crippen LogP contribution in [0.5, 0.6) is 11.5 Å². The van der Waals surface area contributed by atoms with Crippen LogP contribution in [-0.2, 0) is 0 Å². The van der Waals surface area contributed by atoms with Gasteiger partial charge < -0.3 is 25.4 Å². The van der Waals surface area contributed by atoms with Gasteiger partial charge in [-0.3, -0.25) is 9.59 Å². The molecule has 0 spiro atoms. The summed E-state index contributed by atoms with van der Waals surface area (Å²) >= 11 is 0. The van der Waals surface area contributed by atoms with Gasteiger partial charge in [-0.1, -0.05) is 0 Å². The predicted molar refractivity (Wildman–Crippen MR) is 115 cm³/mol. The molecular weight excluding hydrogens is 394 g/mol. The number of likely N-dealkylation sites (tertiary alicyclic amines) is 1. The van der Waals surface area contributed by atoms with Crippen molar-refractivity contribution in [3.05, 3.63) is 47.5 Å². The van der Waals surface area contributed by atoms with E-state index in [4.69, 9.17) is 15.2 Å². The summed E-state index contributed by atoms with van der Waals surface area (Å²) in [7, 11) is 3.02. The molecule has 2 aromatic carbocycles. The molecule has 156 valence electrons. The SMILES string of the molecule is COc1cc(NC(=O)c2ccc(N)cc2)c(C(=O)N2CCCCC2)cc1OC.Cl. The molecule has 0 radical (unpaired) electrons. The van der Waals surface area contributed by atoms with Crippen LogP contribution in [0.15, 0.2) is 36.4 Å². The Morgan fingerprint density at radius 3 is 2.14 bits per heavy atom. The Kier molecular flexibility index (Phi) is 7.73. The van der Waals surface area contributed by atoms with E-state index in [0.717, 1.165) is 19.3 Å². The average molecular weight is 420 g/mol. The number of ether oxygens (including phenoxy) is 2. The summed E-state index contributed by atoms with van der Waals surface area (Å²) in [4.78, 5) is 27.6. The maximum absolute atomic E-state index is 13.1. The zero-order valence-electron chi connectivity index (χ0n) is 16.6. The number of rotatable bonds is 5. The van der Waals surface area contributed by atoms with E-state index in [-0.39, 0.29) is 24.2 Å². The second kappa shape index (κ2) is 10.0. The van der Waals surface area contributed by atoms with Gasteiger partial charge in [-0.15, -0.1) is 12.4 Å². The van der Waals surface area contributed by atoms with Gasteiger partial charge in [-0.25, -0.2) is 0 Å². The lowest BCUT2D eigenvalue weighted by atomic mass is 10.1. The quantitative estimate of drug-likeness (QED) is 0.722. The van der Waals surface area contributed by atoms with Crippen molar-refractivity contribution in [3.63, 3.8) is 0 Å². The highest BCUT2D eigenvalue weighted by molar-refractivity contribution is 6.09. The Bertz CT molecular complexity index is 865. The second-order valence-electron chi connectivity index (χ2n) is 6.68. The van der Waals surface area contributed by atoms with Crippen molar-refractivity contribution in [2.75, 3.05) is 38.4 Å². The Morgan fingerprint density at radius 2 is 1.55 bits per heavy atom. The standard InChI is InChI=1S/C21H25N3O4.ClH/c1-27-18-12-16(21(26)24-10-4-3-5-11-24)17(13-19(18)28-2)23-20(25)14-6-8-15(22)9-7-14;/h6-9,12-13H,3-5,10-11,22H2,1-2H3,(H,23,25);1H. The minimum Gasteiger partial charge on any atom is -0.493 e. The molecule has 1 aliphatic rings. The number of nitrogens with zero attached hydrogens (tertiary/aromatic N) is 1. The van der Waals surface area contributed by atoms with Crippen LogP contribution in [0.4, 0.5) is 11.4 Å². The van der Waals surface area contributed by atoms with Crippen molar-refractivity contribution in [1.29, 1.82) is 0 Å². The lowest BCUT2D eigenvalue weighted by Crippen LogP contribution is -2.36. The topological polar surface area (TPSA) is 93.9 Å². The molecule has 3 N–H and O–H groups in total. The molecule has 1 heterocycles. The molecule has 3 rings (SSSR count). The predicted octanol–water partition coefficient (Wildman–Crippen LogP) is 3.59. The second-order valence-corrected chi connectivity index (χ2v) is 6.68. The van der Waals surface area contributed by atoms with E-state index in [0.29, 0.717) is 47.1 Å². The number of methoxy groups -OCH3 is 2. The molecule has 1 aliphatic heterocycles. The monoisotopic (exact) mass is 419 g/mol. The summed E-state index contributed by atoms with van der Waals surface area (Å²) in [6.45, 7) is 1.41. The number of amides is 2. The molecule has 8 heteroatoms. The van der Waals surface area contributed by atoms with Crippen molar-refractivity contribution in [3.8, 4) is 11.5 Å². The number of nitrogen functional groups attached to an aromatic ring is 1. The van der Waals surface area contributed by atoms with Crippen LogP contribution in [0.2, 0.25) is 0 Å². The Labute approximate surface area is 176 Å². The highest BCUT2D eigenvalue weighted by atomic mass is 35.5. The van der Waals surface area contributed by atoms with Gasteiger partial charge in [0.05, 0.1) is 25.5 Å². The van der Waals surface area contributed by atoms with E-state index in [1.54, 1.807) is 36.4 Å². The summed E-state index contributed by atoms with van der Waals surface area (Å²) in [5, 5.41) is 2.83. The number of carbonyl (C=O) groups is 2. The first-order valence-corrected chi connectivity index (χ1v) is 9.25. The van der Waals surface area contributed by atoms with Gasteiger partial charge in [-0.2, -0.15) is 0 Å². The van der Waals surface area contributed by atoms with E-state index in [2.05, 4.69) is 5.32 Å². The molecule has 0 saturated carbocycles. The van der Waals surface area contributed by atoms with Gasteiger partial charge in [0.15, 0.2) is 11.5 Å². The number of nitrogens with two attached hydrogens (primary N) is 1. The summed E-state index contributed by atoms with van der Waals surface area (Å²) in [5.74, 6) is 0.409. The van der Waals surface area contributed by atoms with Crippen LogP contribution in [0.3, 0.4) is 0 Å². The molecule has 0 unspecified atom stereocenters. The minimum absolute atomic E-state index is 0. The third-order valence-corrected chi connectivity index (χ3v) is 4.82. The number of anilines is 2. The van der Waals surface area contributed by atoms with Crippen LogP contribution >= 0.6 is 12.4 Å². The first kappa shape index (κ1) is 22.4. The fraction of sp³-hybridized carbons (Fsp3) is 0.333. The van der Waals surface area contributed by atoms with E-state index >= 15 is 0 Å². The van der Waals surface area contributed by atoms with Gasteiger partial charge in [0.2, 0.25) is 0 Å². The summed E-state index contributed by atoms with van der Waals surface area (Å²) < 4.78 is 10.7. The normalized spacial score (nSPS) is 13.2. The van der Waals surface area contributed by atoms with Gasteiger partial charge in [0.25, 0.3) is 11.8 Å². The van der Waals surface area contributed by atoms with E-state index in [9.17, 15) is 9.59 Å².